The molecule has 1 aromatic heterocycles. The van der Waals surface area contributed by atoms with Gasteiger partial charge in [0.05, 0.1) is 12.7 Å². The molecule has 2 aliphatic carbocycles. The van der Waals surface area contributed by atoms with Crippen LogP contribution in [0.4, 0.5) is 0 Å². The van der Waals surface area contributed by atoms with E-state index >= 15 is 0 Å². The highest BCUT2D eigenvalue weighted by Gasteiger charge is 2.23. The summed E-state index contributed by atoms with van der Waals surface area (Å²) in [7, 11) is 1.97. The first-order valence-electron chi connectivity index (χ1n) is 9.00. The van der Waals surface area contributed by atoms with Crippen molar-refractivity contribution in [2.45, 2.75) is 63.8 Å². The molecule has 0 saturated heterocycles. The van der Waals surface area contributed by atoms with Crippen LogP contribution < -0.4 is 0 Å². The number of aryl methyl sites for hydroxylation is 2. The van der Waals surface area contributed by atoms with Crippen LogP contribution >= 0.6 is 0 Å². The minimum atomic E-state index is 0.222. The molecular formula is C20H25NO2. The van der Waals surface area contributed by atoms with Gasteiger partial charge in [0.1, 0.15) is 5.58 Å². The van der Waals surface area contributed by atoms with Crippen LogP contribution in [0.5, 0.6) is 0 Å². The number of hydrogen-bond donors (Lipinski definition) is 0. The molecule has 1 amide bonds. The summed E-state index contributed by atoms with van der Waals surface area (Å²) in [6.07, 6.45) is 11.9. The van der Waals surface area contributed by atoms with E-state index < -0.39 is 0 Å². The fourth-order valence-corrected chi connectivity index (χ4v) is 4.24. The van der Waals surface area contributed by atoms with Gasteiger partial charge in [-0.3, -0.25) is 4.79 Å². The van der Waals surface area contributed by atoms with E-state index in [4.69, 9.17) is 4.42 Å². The molecule has 2 aliphatic rings. The lowest BCUT2D eigenvalue weighted by Gasteiger charge is -2.31. The van der Waals surface area contributed by atoms with E-state index in [2.05, 4.69) is 12.1 Å². The molecule has 1 fully saturated rings. The smallest absolute Gasteiger partial charge is 0.227 e. The Bertz CT molecular complexity index is 725. The lowest BCUT2D eigenvalue weighted by Crippen LogP contribution is -2.39. The second-order valence-corrected chi connectivity index (χ2v) is 7.20. The number of hydrogen-bond acceptors (Lipinski definition) is 2. The van der Waals surface area contributed by atoms with Crippen molar-refractivity contribution in [2.75, 3.05) is 7.05 Å². The predicted molar refractivity (Wildman–Crippen MR) is 91.6 cm³/mol. The molecule has 1 saturated carbocycles. The van der Waals surface area contributed by atoms with Crippen molar-refractivity contribution < 1.29 is 9.21 Å². The molecule has 0 spiro atoms. The Morgan fingerprint density at radius 1 is 1.13 bits per heavy atom. The first-order valence-corrected chi connectivity index (χ1v) is 9.00. The number of furan rings is 1. The lowest BCUT2D eigenvalue weighted by atomic mass is 9.94. The van der Waals surface area contributed by atoms with Gasteiger partial charge >= 0.3 is 0 Å². The summed E-state index contributed by atoms with van der Waals surface area (Å²) in [5, 5.41) is 1.14. The molecule has 0 atom stereocenters. The van der Waals surface area contributed by atoms with Crippen LogP contribution in [0.2, 0.25) is 0 Å². The summed E-state index contributed by atoms with van der Waals surface area (Å²) in [4.78, 5) is 14.6. The van der Waals surface area contributed by atoms with Gasteiger partial charge < -0.3 is 9.32 Å². The summed E-state index contributed by atoms with van der Waals surface area (Å²) in [6.45, 7) is 0. The van der Waals surface area contributed by atoms with Gasteiger partial charge in [-0.15, -0.1) is 0 Å². The fourth-order valence-electron chi connectivity index (χ4n) is 4.24. The van der Waals surface area contributed by atoms with E-state index in [0.717, 1.165) is 42.2 Å². The monoisotopic (exact) mass is 311 g/mol. The van der Waals surface area contributed by atoms with Gasteiger partial charge in [0.2, 0.25) is 5.91 Å². The van der Waals surface area contributed by atoms with Crippen LogP contribution in [0, 0.1) is 0 Å². The molecule has 122 valence electrons. The van der Waals surface area contributed by atoms with Gasteiger partial charge in [-0.2, -0.15) is 0 Å². The Balaban J connectivity index is 1.54. The van der Waals surface area contributed by atoms with Crippen molar-refractivity contribution in [1.29, 1.82) is 0 Å². The van der Waals surface area contributed by atoms with Gasteiger partial charge in [0.25, 0.3) is 0 Å². The van der Waals surface area contributed by atoms with Crippen molar-refractivity contribution in [2.24, 2.45) is 0 Å². The summed E-state index contributed by atoms with van der Waals surface area (Å²) < 4.78 is 5.73. The average molecular weight is 311 g/mol. The highest BCUT2D eigenvalue weighted by Crippen LogP contribution is 2.31. The summed E-state index contributed by atoms with van der Waals surface area (Å²) in [6, 6.07) is 4.86. The molecular weight excluding hydrogens is 286 g/mol. The summed E-state index contributed by atoms with van der Waals surface area (Å²) in [5.41, 5.74) is 4.84. The Labute approximate surface area is 137 Å². The normalized spacial score (nSPS) is 18.3. The third kappa shape index (κ3) is 2.77. The number of benzene rings is 1. The lowest BCUT2D eigenvalue weighted by molar-refractivity contribution is -0.131. The highest BCUT2D eigenvalue weighted by molar-refractivity contribution is 5.88. The number of likely N-dealkylation sites (N-methyl/N-ethyl adjacent to an activating group) is 1. The van der Waals surface area contributed by atoms with Crippen LogP contribution in [0.3, 0.4) is 0 Å². The van der Waals surface area contributed by atoms with Crippen molar-refractivity contribution in [3.8, 4) is 0 Å². The maximum absolute atomic E-state index is 12.7. The SMILES string of the molecule is CN(C(=O)Cc1coc2cc3c(cc12)CCC3)C1CCCCC1. The Morgan fingerprint density at radius 2 is 1.87 bits per heavy atom. The molecule has 1 heterocycles. The zero-order chi connectivity index (χ0) is 15.8. The standard InChI is InChI=1S/C20H25NO2/c1-21(17-8-3-2-4-9-17)20(22)12-16-13-23-19-11-15-7-5-6-14(15)10-18(16)19/h10-11,13,17H,2-9,12H2,1H3. The molecule has 0 aliphatic heterocycles. The van der Waals surface area contributed by atoms with Gasteiger partial charge in [-0.25, -0.2) is 0 Å². The Kier molecular flexibility index (Phi) is 3.88. The number of carbonyl (C=O) groups is 1. The second-order valence-electron chi connectivity index (χ2n) is 7.20. The minimum Gasteiger partial charge on any atom is -0.464 e. The Hall–Kier alpha value is -1.77. The molecule has 4 rings (SSSR count). The van der Waals surface area contributed by atoms with E-state index in [1.165, 1.54) is 36.8 Å². The first-order chi connectivity index (χ1) is 11.2. The Morgan fingerprint density at radius 3 is 2.65 bits per heavy atom. The first kappa shape index (κ1) is 14.8. The van der Waals surface area contributed by atoms with Gasteiger partial charge in [-0.1, -0.05) is 19.3 Å². The largest absolute Gasteiger partial charge is 0.464 e. The highest BCUT2D eigenvalue weighted by atomic mass is 16.3. The molecule has 2 aromatic rings. The topological polar surface area (TPSA) is 33.5 Å². The molecule has 0 radical (unpaired) electrons. The molecule has 0 N–H and O–H groups in total. The number of fused-ring (bicyclic) bond motifs is 2. The maximum Gasteiger partial charge on any atom is 0.227 e. The van der Waals surface area contributed by atoms with Crippen molar-refractivity contribution >= 4 is 16.9 Å². The van der Waals surface area contributed by atoms with E-state index in [1.807, 2.05) is 11.9 Å². The van der Waals surface area contributed by atoms with Gasteiger partial charge in [-0.05, 0) is 55.4 Å². The molecule has 23 heavy (non-hydrogen) atoms. The molecule has 3 nitrogen and oxygen atoms in total. The number of nitrogens with zero attached hydrogens (tertiary/aromatic N) is 1. The van der Waals surface area contributed by atoms with Crippen LogP contribution in [0.1, 0.15) is 55.2 Å². The van der Waals surface area contributed by atoms with Crippen LogP contribution in [-0.4, -0.2) is 23.9 Å². The van der Waals surface area contributed by atoms with E-state index in [-0.39, 0.29) is 5.91 Å². The third-order valence-corrected chi connectivity index (χ3v) is 5.73. The van der Waals surface area contributed by atoms with Crippen LogP contribution in [-0.2, 0) is 24.1 Å². The van der Waals surface area contributed by atoms with Crippen LogP contribution in [0.25, 0.3) is 11.0 Å². The van der Waals surface area contributed by atoms with Gasteiger partial charge in [0, 0.05) is 24.0 Å². The van der Waals surface area contributed by atoms with Gasteiger partial charge in [0.15, 0.2) is 0 Å². The van der Waals surface area contributed by atoms with E-state index in [9.17, 15) is 4.79 Å². The summed E-state index contributed by atoms with van der Waals surface area (Å²) >= 11 is 0. The maximum atomic E-state index is 12.7. The number of rotatable bonds is 3. The predicted octanol–water partition coefficient (Wildman–Crippen LogP) is 4.26. The van der Waals surface area contributed by atoms with Crippen molar-refractivity contribution in [3.05, 3.63) is 35.1 Å². The third-order valence-electron chi connectivity index (χ3n) is 5.73. The zero-order valence-corrected chi connectivity index (χ0v) is 13.9. The zero-order valence-electron chi connectivity index (χ0n) is 13.9. The molecule has 0 unspecified atom stereocenters. The van der Waals surface area contributed by atoms with E-state index in [1.54, 1.807) is 6.26 Å². The second kappa shape index (κ2) is 6.03. The molecule has 0 bridgehead atoms. The molecule has 1 aromatic carbocycles. The van der Waals surface area contributed by atoms with Crippen molar-refractivity contribution in [1.82, 2.24) is 4.90 Å². The fraction of sp³-hybridized carbons (Fsp3) is 0.550. The quantitative estimate of drug-likeness (QED) is 0.849. The number of amides is 1. The summed E-state index contributed by atoms with van der Waals surface area (Å²) in [5.74, 6) is 0.222. The molecule has 3 heteroatoms. The van der Waals surface area contributed by atoms with E-state index in [0.29, 0.717) is 12.5 Å². The minimum absolute atomic E-state index is 0.222. The van der Waals surface area contributed by atoms with Crippen LogP contribution in [0.15, 0.2) is 22.8 Å². The number of carbonyl (C=O) groups excluding carboxylic acids is 1. The van der Waals surface area contributed by atoms with Crippen molar-refractivity contribution in [3.63, 3.8) is 0 Å². The average Bonchev–Trinajstić information content (AvgIpc) is 3.19.